The molecule has 0 heterocycles. The summed E-state index contributed by atoms with van der Waals surface area (Å²) in [5.74, 6) is 0.565. The van der Waals surface area contributed by atoms with Crippen molar-refractivity contribution in [3.05, 3.63) is 28.8 Å². The zero-order valence-corrected chi connectivity index (χ0v) is 11.3. The molecule has 0 saturated heterocycles. The quantitative estimate of drug-likeness (QED) is 0.808. The lowest BCUT2D eigenvalue weighted by Crippen LogP contribution is -2.38. The zero-order valence-electron chi connectivity index (χ0n) is 10.6. The van der Waals surface area contributed by atoms with Crippen LogP contribution in [0.15, 0.2) is 18.2 Å². The standard InChI is InChI=1S/C14H19ClN2O/c1-9-3-2-4-11(7-9)17-14(18)12-8-10(15)5-6-13(12)16/h5-6,8-9,11H,2-4,7,16H2,1H3,(H,17,18). The summed E-state index contributed by atoms with van der Waals surface area (Å²) in [4.78, 5) is 12.1. The summed E-state index contributed by atoms with van der Waals surface area (Å²) in [6, 6.07) is 5.25. The van der Waals surface area contributed by atoms with Crippen molar-refractivity contribution in [2.24, 2.45) is 5.92 Å². The van der Waals surface area contributed by atoms with E-state index in [0.717, 1.165) is 12.8 Å². The van der Waals surface area contributed by atoms with E-state index in [1.165, 1.54) is 12.8 Å². The fourth-order valence-electron chi connectivity index (χ4n) is 2.55. The summed E-state index contributed by atoms with van der Waals surface area (Å²) in [5, 5.41) is 3.59. The summed E-state index contributed by atoms with van der Waals surface area (Å²) >= 11 is 5.89. The molecule has 0 aliphatic heterocycles. The maximum absolute atomic E-state index is 12.1. The van der Waals surface area contributed by atoms with Crippen LogP contribution < -0.4 is 11.1 Å². The first-order valence-corrected chi connectivity index (χ1v) is 6.80. The summed E-state index contributed by atoms with van der Waals surface area (Å²) in [6.45, 7) is 2.23. The van der Waals surface area contributed by atoms with Gasteiger partial charge in [-0.05, 0) is 37.0 Å². The molecule has 0 spiro atoms. The topological polar surface area (TPSA) is 55.1 Å². The minimum Gasteiger partial charge on any atom is -0.398 e. The van der Waals surface area contributed by atoms with E-state index in [2.05, 4.69) is 12.2 Å². The van der Waals surface area contributed by atoms with Crippen molar-refractivity contribution in [3.63, 3.8) is 0 Å². The van der Waals surface area contributed by atoms with Crippen molar-refractivity contribution in [2.45, 2.75) is 38.6 Å². The zero-order chi connectivity index (χ0) is 13.1. The highest BCUT2D eigenvalue weighted by Gasteiger charge is 2.21. The Bertz CT molecular complexity index is 447. The Morgan fingerprint density at radius 2 is 2.22 bits per heavy atom. The lowest BCUT2D eigenvalue weighted by molar-refractivity contribution is 0.0922. The second-order valence-electron chi connectivity index (χ2n) is 5.17. The first kappa shape index (κ1) is 13.2. The van der Waals surface area contributed by atoms with Crippen molar-refractivity contribution in [3.8, 4) is 0 Å². The van der Waals surface area contributed by atoms with Crippen molar-refractivity contribution in [1.82, 2.24) is 5.32 Å². The molecular weight excluding hydrogens is 248 g/mol. The van der Waals surface area contributed by atoms with Gasteiger partial charge in [0.25, 0.3) is 5.91 Å². The highest BCUT2D eigenvalue weighted by molar-refractivity contribution is 6.31. The SMILES string of the molecule is CC1CCCC(NC(=O)c2cc(Cl)ccc2N)C1. The summed E-state index contributed by atoms with van der Waals surface area (Å²) in [7, 11) is 0. The molecule has 3 nitrogen and oxygen atoms in total. The number of hydrogen-bond donors (Lipinski definition) is 2. The van der Waals surface area contributed by atoms with Crippen LogP contribution in [-0.4, -0.2) is 11.9 Å². The van der Waals surface area contributed by atoms with E-state index in [4.69, 9.17) is 17.3 Å². The number of carbonyl (C=O) groups excluding carboxylic acids is 1. The second kappa shape index (κ2) is 5.61. The largest absolute Gasteiger partial charge is 0.398 e. The molecule has 1 aromatic carbocycles. The molecule has 18 heavy (non-hydrogen) atoms. The molecular formula is C14H19ClN2O. The van der Waals surface area contributed by atoms with Crippen LogP contribution in [0.3, 0.4) is 0 Å². The third-order valence-corrected chi connectivity index (χ3v) is 3.77. The number of rotatable bonds is 2. The third kappa shape index (κ3) is 3.16. The molecule has 1 aliphatic rings. The Kier molecular flexibility index (Phi) is 4.12. The Morgan fingerprint density at radius 1 is 1.44 bits per heavy atom. The maximum atomic E-state index is 12.1. The van der Waals surface area contributed by atoms with E-state index in [1.54, 1.807) is 18.2 Å². The van der Waals surface area contributed by atoms with E-state index >= 15 is 0 Å². The van der Waals surface area contributed by atoms with Gasteiger partial charge in [0.1, 0.15) is 0 Å². The molecule has 1 aliphatic carbocycles. The van der Waals surface area contributed by atoms with E-state index < -0.39 is 0 Å². The Hall–Kier alpha value is -1.22. The van der Waals surface area contributed by atoms with Crippen LogP contribution >= 0.6 is 11.6 Å². The van der Waals surface area contributed by atoms with Crippen LogP contribution in [-0.2, 0) is 0 Å². The van der Waals surface area contributed by atoms with E-state index in [1.807, 2.05) is 0 Å². The fourth-order valence-corrected chi connectivity index (χ4v) is 2.73. The van der Waals surface area contributed by atoms with E-state index in [-0.39, 0.29) is 11.9 Å². The normalized spacial score (nSPS) is 23.7. The molecule has 1 saturated carbocycles. The Morgan fingerprint density at radius 3 is 2.94 bits per heavy atom. The lowest BCUT2D eigenvalue weighted by Gasteiger charge is -2.27. The molecule has 1 fully saturated rings. The molecule has 0 aromatic heterocycles. The molecule has 98 valence electrons. The van der Waals surface area contributed by atoms with Gasteiger partial charge in [0.2, 0.25) is 0 Å². The van der Waals surface area contributed by atoms with Gasteiger partial charge in [-0.25, -0.2) is 0 Å². The van der Waals surface area contributed by atoms with Crippen LogP contribution in [0.5, 0.6) is 0 Å². The minimum absolute atomic E-state index is 0.117. The molecule has 2 unspecified atom stereocenters. The summed E-state index contributed by atoms with van der Waals surface area (Å²) in [5.41, 5.74) is 6.75. The van der Waals surface area contributed by atoms with Gasteiger partial charge in [-0.2, -0.15) is 0 Å². The maximum Gasteiger partial charge on any atom is 0.253 e. The van der Waals surface area contributed by atoms with Gasteiger partial charge >= 0.3 is 0 Å². The number of nitrogens with two attached hydrogens (primary N) is 1. The lowest BCUT2D eigenvalue weighted by atomic mass is 9.87. The van der Waals surface area contributed by atoms with Crippen LogP contribution in [0.25, 0.3) is 0 Å². The average molecular weight is 267 g/mol. The monoisotopic (exact) mass is 266 g/mol. The van der Waals surface area contributed by atoms with Gasteiger partial charge in [-0.15, -0.1) is 0 Å². The number of amides is 1. The number of nitrogens with one attached hydrogen (secondary N) is 1. The fraction of sp³-hybridized carbons (Fsp3) is 0.500. The van der Waals surface area contributed by atoms with Crippen LogP contribution in [0.1, 0.15) is 43.0 Å². The van der Waals surface area contributed by atoms with E-state index in [9.17, 15) is 4.79 Å². The van der Waals surface area contributed by atoms with Gasteiger partial charge in [-0.1, -0.05) is 31.4 Å². The van der Waals surface area contributed by atoms with Crippen LogP contribution in [0.4, 0.5) is 5.69 Å². The third-order valence-electron chi connectivity index (χ3n) is 3.53. The highest BCUT2D eigenvalue weighted by Crippen LogP contribution is 2.24. The van der Waals surface area contributed by atoms with E-state index in [0.29, 0.717) is 22.2 Å². The van der Waals surface area contributed by atoms with Crippen molar-refractivity contribution < 1.29 is 4.79 Å². The number of benzene rings is 1. The van der Waals surface area contributed by atoms with Gasteiger partial charge in [0.05, 0.1) is 5.56 Å². The number of halogens is 1. The predicted molar refractivity (Wildman–Crippen MR) is 74.8 cm³/mol. The van der Waals surface area contributed by atoms with Crippen molar-refractivity contribution >= 4 is 23.2 Å². The van der Waals surface area contributed by atoms with Crippen LogP contribution in [0, 0.1) is 5.92 Å². The number of anilines is 1. The summed E-state index contributed by atoms with van der Waals surface area (Å²) < 4.78 is 0. The molecule has 1 amide bonds. The molecule has 0 radical (unpaired) electrons. The molecule has 0 bridgehead atoms. The highest BCUT2D eigenvalue weighted by atomic mass is 35.5. The van der Waals surface area contributed by atoms with Gasteiger partial charge in [0.15, 0.2) is 0 Å². The van der Waals surface area contributed by atoms with Crippen LogP contribution in [0.2, 0.25) is 5.02 Å². The predicted octanol–water partition coefficient (Wildman–Crippen LogP) is 3.23. The molecule has 2 atom stereocenters. The minimum atomic E-state index is -0.117. The number of nitrogen functional groups attached to an aromatic ring is 1. The summed E-state index contributed by atoms with van der Waals surface area (Å²) in [6.07, 6.45) is 4.53. The van der Waals surface area contributed by atoms with Gasteiger partial charge in [0, 0.05) is 16.8 Å². The first-order valence-electron chi connectivity index (χ1n) is 6.42. The smallest absolute Gasteiger partial charge is 0.253 e. The molecule has 2 rings (SSSR count). The van der Waals surface area contributed by atoms with Crippen molar-refractivity contribution in [2.75, 3.05) is 5.73 Å². The Balaban J connectivity index is 2.05. The number of carbonyl (C=O) groups is 1. The number of hydrogen-bond acceptors (Lipinski definition) is 2. The average Bonchev–Trinajstić information content (AvgIpc) is 2.32. The molecule has 3 N–H and O–H groups in total. The molecule has 4 heteroatoms. The van der Waals surface area contributed by atoms with Gasteiger partial charge < -0.3 is 11.1 Å². The Labute approximate surface area is 113 Å². The second-order valence-corrected chi connectivity index (χ2v) is 5.61. The molecule has 1 aromatic rings. The van der Waals surface area contributed by atoms with Gasteiger partial charge in [-0.3, -0.25) is 4.79 Å². The van der Waals surface area contributed by atoms with Crippen molar-refractivity contribution in [1.29, 1.82) is 0 Å². The first-order chi connectivity index (χ1) is 8.56.